The molecule has 0 radical (unpaired) electrons. The molecule has 5 heteroatoms. The summed E-state index contributed by atoms with van der Waals surface area (Å²) < 4.78 is 18.7. The largest absolute Gasteiger partial charge is 0.462 e. The first-order valence-corrected chi connectivity index (χ1v) is 9.68. The summed E-state index contributed by atoms with van der Waals surface area (Å²) in [7, 11) is 0. The number of carbonyl (C=O) groups is 1. The molecule has 0 aromatic carbocycles. The number of hydrogen-bond donors (Lipinski definition) is 1. The van der Waals surface area contributed by atoms with Gasteiger partial charge in [-0.25, -0.2) is 0 Å². The van der Waals surface area contributed by atoms with E-state index in [4.69, 9.17) is 14.2 Å². The molecular formula is C20H34O5. The summed E-state index contributed by atoms with van der Waals surface area (Å²) in [6.07, 6.45) is 3.53. The standard InChI is InChI=1S/C20H34O5/c1-12(11-21)14-7-9-19(5)15(23-13(2)22)8-10-20(6)17(19)16(14)24-18(3,4)25-20/h12,14-17,21H,7-11H2,1-6H3/t12-,14+,15-,16+,17?,19+,20-/m1/s1. The lowest BCUT2D eigenvalue weighted by Crippen LogP contribution is -2.70. The van der Waals surface area contributed by atoms with Crippen LogP contribution in [0, 0.1) is 23.2 Å². The maximum absolute atomic E-state index is 11.7. The van der Waals surface area contributed by atoms with Crippen molar-refractivity contribution in [3.63, 3.8) is 0 Å². The molecule has 2 saturated carbocycles. The van der Waals surface area contributed by atoms with Crippen LogP contribution in [0.5, 0.6) is 0 Å². The third-order valence-electron chi connectivity index (χ3n) is 7.00. The van der Waals surface area contributed by atoms with Crippen LogP contribution in [0.15, 0.2) is 0 Å². The third-order valence-corrected chi connectivity index (χ3v) is 7.00. The van der Waals surface area contributed by atoms with Crippen molar-refractivity contribution >= 4 is 5.97 Å². The van der Waals surface area contributed by atoms with Crippen LogP contribution >= 0.6 is 0 Å². The first-order valence-electron chi connectivity index (χ1n) is 9.68. The summed E-state index contributed by atoms with van der Waals surface area (Å²) in [5, 5.41) is 9.75. The molecule has 1 saturated heterocycles. The van der Waals surface area contributed by atoms with Gasteiger partial charge in [0.05, 0.1) is 11.7 Å². The second-order valence-corrected chi connectivity index (χ2v) is 9.38. The topological polar surface area (TPSA) is 65.0 Å². The fraction of sp³-hybridized carbons (Fsp3) is 0.950. The molecule has 3 aliphatic rings. The Morgan fingerprint density at radius 1 is 1.24 bits per heavy atom. The van der Waals surface area contributed by atoms with Crippen molar-refractivity contribution < 1.29 is 24.1 Å². The van der Waals surface area contributed by atoms with E-state index in [1.807, 2.05) is 13.8 Å². The van der Waals surface area contributed by atoms with Gasteiger partial charge in [0.2, 0.25) is 0 Å². The van der Waals surface area contributed by atoms with E-state index in [1.54, 1.807) is 0 Å². The molecule has 2 aliphatic carbocycles. The first kappa shape index (κ1) is 19.1. The lowest BCUT2D eigenvalue weighted by atomic mass is 9.49. The lowest BCUT2D eigenvalue weighted by Gasteiger charge is -2.66. The van der Waals surface area contributed by atoms with Crippen molar-refractivity contribution in [3.8, 4) is 0 Å². The average Bonchev–Trinajstić information content (AvgIpc) is 2.48. The quantitative estimate of drug-likeness (QED) is 0.788. The Hall–Kier alpha value is -0.650. The Bertz CT molecular complexity index is 532. The fourth-order valence-corrected chi connectivity index (χ4v) is 6.05. The van der Waals surface area contributed by atoms with Crippen LogP contribution in [0.3, 0.4) is 0 Å². The molecule has 7 atom stereocenters. The van der Waals surface area contributed by atoms with Crippen LogP contribution in [0.2, 0.25) is 0 Å². The summed E-state index contributed by atoms with van der Waals surface area (Å²) in [4.78, 5) is 11.7. The normalized spacial score (nSPS) is 46.8. The molecule has 1 N–H and O–H groups in total. The Kier molecular flexibility index (Phi) is 4.75. The van der Waals surface area contributed by atoms with Crippen LogP contribution in [-0.2, 0) is 19.0 Å². The SMILES string of the molecule is CC(=O)O[C@@H]1CC[C@@]2(C)OC(C)(C)O[C@@H]3C2[C@@]1(C)CC[C@H]3[C@H](C)CO. The number of esters is 1. The molecule has 3 rings (SSSR count). The fourth-order valence-electron chi connectivity index (χ4n) is 6.05. The minimum Gasteiger partial charge on any atom is -0.462 e. The minimum absolute atomic E-state index is 0.00741. The van der Waals surface area contributed by atoms with Crippen molar-refractivity contribution in [3.05, 3.63) is 0 Å². The van der Waals surface area contributed by atoms with Crippen molar-refractivity contribution in [2.75, 3.05) is 6.61 Å². The van der Waals surface area contributed by atoms with Gasteiger partial charge >= 0.3 is 5.97 Å². The number of aliphatic hydroxyl groups excluding tert-OH is 1. The number of hydrogen-bond acceptors (Lipinski definition) is 5. The van der Waals surface area contributed by atoms with Gasteiger partial charge in [0.25, 0.3) is 0 Å². The van der Waals surface area contributed by atoms with Gasteiger partial charge in [-0.1, -0.05) is 13.8 Å². The highest BCUT2D eigenvalue weighted by atomic mass is 16.7. The predicted octanol–water partition coefficient (Wildman–Crippen LogP) is 3.28. The van der Waals surface area contributed by atoms with E-state index in [-0.39, 0.29) is 47.6 Å². The molecule has 0 aromatic heterocycles. The van der Waals surface area contributed by atoms with Crippen LogP contribution < -0.4 is 0 Å². The zero-order chi connectivity index (χ0) is 18.6. The second kappa shape index (κ2) is 6.21. The molecule has 1 unspecified atom stereocenters. The maximum Gasteiger partial charge on any atom is 0.302 e. The van der Waals surface area contributed by atoms with Gasteiger partial charge in [0, 0.05) is 24.9 Å². The summed E-state index contributed by atoms with van der Waals surface area (Å²) in [5.74, 6) is -0.229. The smallest absolute Gasteiger partial charge is 0.302 e. The van der Waals surface area contributed by atoms with E-state index < -0.39 is 5.79 Å². The van der Waals surface area contributed by atoms with E-state index >= 15 is 0 Å². The highest BCUT2D eigenvalue weighted by Crippen LogP contribution is 2.62. The van der Waals surface area contributed by atoms with E-state index in [2.05, 4.69) is 20.8 Å². The highest BCUT2D eigenvalue weighted by Gasteiger charge is 2.66. The molecule has 1 heterocycles. The summed E-state index contributed by atoms with van der Waals surface area (Å²) in [5.41, 5.74) is -0.461. The Balaban J connectivity index is 2.02. The monoisotopic (exact) mass is 354 g/mol. The van der Waals surface area contributed by atoms with Crippen LogP contribution in [0.4, 0.5) is 0 Å². The zero-order valence-electron chi connectivity index (χ0n) is 16.5. The van der Waals surface area contributed by atoms with Crippen LogP contribution in [-0.4, -0.2) is 41.3 Å². The molecule has 3 fully saturated rings. The van der Waals surface area contributed by atoms with Crippen LogP contribution in [0.1, 0.15) is 67.2 Å². The van der Waals surface area contributed by atoms with Crippen LogP contribution in [0.25, 0.3) is 0 Å². The summed E-state index contributed by atoms with van der Waals surface area (Å²) in [6.45, 7) is 12.2. The molecule has 0 spiro atoms. The highest BCUT2D eigenvalue weighted by molar-refractivity contribution is 5.66. The zero-order valence-corrected chi connectivity index (χ0v) is 16.5. The number of carbonyl (C=O) groups excluding carboxylic acids is 1. The summed E-state index contributed by atoms with van der Waals surface area (Å²) in [6, 6.07) is 0. The van der Waals surface area contributed by atoms with Gasteiger partial charge in [0.1, 0.15) is 6.10 Å². The van der Waals surface area contributed by atoms with Gasteiger partial charge in [-0.3, -0.25) is 4.79 Å². The third kappa shape index (κ3) is 3.13. The van der Waals surface area contributed by atoms with E-state index in [0.717, 1.165) is 25.7 Å². The van der Waals surface area contributed by atoms with Gasteiger partial charge < -0.3 is 19.3 Å². The molecule has 25 heavy (non-hydrogen) atoms. The molecule has 144 valence electrons. The van der Waals surface area contributed by atoms with E-state index in [9.17, 15) is 9.90 Å². The number of rotatable bonds is 3. The molecule has 1 aliphatic heterocycles. The Labute approximate surface area is 151 Å². The molecule has 0 amide bonds. The molecule has 0 bridgehead atoms. The Morgan fingerprint density at radius 2 is 1.92 bits per heavy atom. The summed E-state index contributed by atoms with van der Waals surface area (Å²) >= 11 is 0. The van der Waals surface area contributed by atoms with Gasteiger partial charge in [-0.05, 0) is 58.3 Å². The van der Waals surface area contributed by atoms with Crippen molar-refractivity contribution in [2.24, 2.45) is 23.2 Å². The van der Waals surface area contributed by atoms with E-state index in [1.165, 1.54) is 6.92 Å². The van der Waals surface area contributed by atoms with E-state index in [0.29, 0.717) is 5.92 Å². The Morgan fingerprint density at radius 3 is 2.52 bits per heavy atom. The van der Waals surface area contributed by atoms with Gasteiger partial charge in [-0.15, -0.1) is 0 Å². The number of aliphatic hydroxyl groups is 1. The van der Waals surface area contributed by atoms with Crippen molar-refractivity contribution in [1.29, 1.82) is 0 Å². The second-order valence-electron chi connectivity index (χ2n) is 9.38. The average molecular weight is 354 g/mol. The minimum atomic E-state index is -0.643. The van der Waals surface area contributed by atoms with Crippen molar-refractivity contribution in [2.45, 2.75) is 90.8 Å². The first-order chi connectivity index (χ1) is 11.5. The maximum atomic E-state index is 11.7. The number of ether oxygens (including phenoxy) is 3. The molecule has 0 aromatic rings. The molecule has 5 nitrogen and oxygen atoms in total. The lowest BCUT2D eigenvalue weighted by molar-refractivity contribution is -0.399. The predicted molar refractivity (Wildman–Crippen MR) is 93.8 cm³/mol. The molecular weight excluding hydrogens is 320 g/mol. The van der Waals surface area contributed by atoms with Gasteiger partial charge in [0.15, 0.2) is 5.79 Å². The van der Waals surface area contributed by atoms with Crippen molar-refractivity contribution in [1.82, 2.24) is 0 Å². The van der Waals surface area contributed by atoms with Gasteiger partial charge in [-0.2, -0.15) is 0 Å².